The number of methoxy groups -OCH3 is 1. The molecule has 2 rings (SSSR count). The second-order valence-corrected chi connectivity index (χ2v) is 6.46. The fourth-order valence-electron chi connectivity index (χ4n) is 2.76. The Morgan fingerprint density at radius 2 is 1.86 bits per heavy atom. The lowest BCUT2D eigenvalue weighted by Crippen LogP contribution is -2.41. The predicted octanol–water partition coefficient (Wildman–Crippen LogP) is 3.81. The highest BCUT2D eigenvalue weighted by Gasteiger charge is 2.14. The summed E-state index contributed by atoms with van der Waals surface area (Å²) in [6, 6.07) is 14.6. The summed E-state index contributed by atoms with van der Waals surface area (Å²) >= 11 is 0. The predicted molar refractivity (Wildman–Crippen MR) is 124 cm³/mol. The molecule has 0 heterocycles. The van der Waals surface area contributed by atoms with Crippen LogP contribution in [0.5, 0.6) is 5.75 Å². The van der Waals surface area contributed by atoms with Crippen LogP contribution in [0, 0.1) is 5.82 Å². The van der Waals surface area contributed by atoms with E-state index in [2.05, 4.69) is 20.5 Å². The fourth-order valence-corrected chi connectivity index (χ4v) is 2.76. The number of rotatable bonds is 8. The number of nitrogens with one attached hydrogen (secondary N) is 2. The Balaban J connectivity index is 0.00000392. The van der Waals surface area contributed by atoms with Gasteiger partial charge in [-0.1, -0.05) is 24.3 Å². The van der Waals surface area contributed by atoms with Crippen LogP contribution in [0.3, 0.4) is 0 Å². The molecule has 0 amide bonds. The molecule has 0 radical (unpaired) electrons. The van der Waals surface area contributed by atoms with Crippen molar-refractivity contribution in [1.82, 2.24) is 15.5 Å². The molecule has 0 fully saturated rings. The van der Waals surface area contributed by atoms with Crippen LogP contribution in [0.25, 0.3) is 0 Å². The van der Waals surface area contributed by atoms with E-state index < -0.39 is 0 Å². The quantitative estimate of drug-likeness (QED) is 0.329. The third-order valence-electron chi connectivity index (χ3n) is 4.24. The smallest absolute Gasteiger partial charge is 0.191 e. The Morgan fingerprint density at radius 3 is 2.46 bits per heavy atom. The number of ether oxygens (including phenoxy) is 1. The first kappa shape index (κ1) is 24.2. The van der Waals surface area contributed by atoms with Crippen molar-refractivity contribution in [2.45, 2.75) is 19.5 Å². The van der Waals surface area contributed by atoms with Crippen molar-refractivity contribution in [3.8, 4) is 5.75 Å². The lowest BCUT2D eigenvalue weighted by Gasteiger charge is -2.26. The van der Waals surface area contributed by atoms with E-state index in [1.807, 2.05) is 57.4 Å². The summed E-state index contributed by atoms with van der Waals surface area (Å²) in [7, 11) is 5.68. The number of hydrogen-bond donors (Lipinski definition) is 2. The van der Waals surface area contributed by atoms with Gasteiger partial charge in [-0.2, -0.15) is 0 Å². The highest BCUT2D eigenvalue weighted by atomic mass is 127. The number of nitrogens with zero attached hydrogens (tertiary/aromatic N) is 2. The van der Waals surface area contributed by atoms with Crippen molar-refractivity contribution >= 4 is 29.9 Å². The van der Waals surface area contributed by atoms with Crippen LogP contribution in [0.4, 0.5) is 4.39 Å². The van der Waals surface area contributed by atoms with E-state index >= 15 is 0 Å². The molecular weight excluding hydrogens is 470 g/mol. The Bertz CT molecular complexity index is 737. The molecule has 7 heteroatoms. The molecule has 1 atom stereocenters. The van der Waals surface area contributed by atoms with E-state index in [0.29, 0.717) is 13.1 Å². The van der Waals surface area contributed by atoms with Gasteiger partial charge in [0.05, 0.1) is 19.7 Å². The molecule has 0 aliphatic heterocycles. The normalized spacial score (nSPS) is 12.3. The third kappa shape index (κ3) is 7.63. The number of guanidine groups is 1. The molecule has 0 bridgehead atoms. The summed E-state index contributed by atoms with van der Waals surface area (Å²) in [5.74, 6) is 1.34. The average Bonchev–Trinajstić information content (AvgIpc) is 2.67. The van der Waals surface area contributed by atoms with Crippen LogP contribution in [0.1, 0.15) is 24.1 Å². The Labute approximate surface area is 184 Å². The summed E-state index contributed by atoms with van der Waals surface area (Å²) in [5, 5.41) is 6.65. The van der Waals surface area contributed by atoms with Crippen molar-refractivity contribution < 1.29 is 9.13 Å². The molecule has 0 aliphatic carbocycles. The molecule has 2 N–H and O–H groups in total. The van der Waals surface area contributed by atoms with Gasteiger partial charge in [0.15, 0.2) is 5.96 Å². The van der Waals surface area contributed by atoms with Gasteiger partial charge in [-0.05, 0) is 56.4 Å². The van der Waals surface area contributed by atoms with Crippen molar-refractivity contribution in [1.29, 1.82) is 0 Å². The summed E-state index contributed by atoms with van der Waals surface area (Å²) in [5.41, 5.74) is 2.13. The molecule has 0 spiro atoms. The molecule has 0 saturated heterocycles. The van der Waals surface area contributed by atoms with Crippen molar-refractivity contribution in [2.75, 3.05) is 34.3 Å². The molecule has 154 valence electrons. The maximum absolute atomic E-state index is 13.2. The zero-order chi connectivity index (χ0) is 19.6. The summed E-state index contributed by atoms with van der Waals surface area (Å²) < 4.78 is 18.5. The SMILES string of the molecule is CCNC(=NCc1cccc(OC)c1)NCC(c1ccc(F)cc1)N(C)C.I. The zero-order valence-electron chi connectivity index (χ0n) is 16.9. The first-order valence-corrected chi connectivity index (χ1v) is 9.10. The molecule has 5 nitrogen and oxygen atoms in total. The fraction of sp³-hybridized carbons (Fsp3) is 0.381. The standard InChI is InChI=1S/C21H29FN4O.HI/c1-5-23-21(24-14-16-7-6-8-19(13-16)27-4)25-15-20(26(2)3)17-9-11-18(22)12-10-17;/h6-13,20H,5,14-15H2,1-4H3,(H2,23,24,25);1H. The number of halogens is 2. The van der Waals surface area contributed by atoms with Crippen LogP contribution in [0.2, 0.25) is 0 Å². The summed E-state index contributed by atoms with van der Waals surface area (Å²) in [6.07, 6.45) is 0. The van der Waals surface area contributed by atoms with Gasteiger partial charge in [0.25, 0.3) is 0 Å². The van der Waals surface area contributed by atoms with Crippen LogP contribution >= 0.6 is 24.0 Å². The highest BCUT2D eigenvalue weighted by molar-refractivity contribution is 14.0. The largest absolute Gasteiger partial charge is 0.497 e. The molecular formula is C21H30FIN4O. The monoisotopic (exact) mass is 500 g/mol. The van der Waals surface area contributed by atoms with Gasteiger partial charge in [-0.3, -0.25) is 0 Å². The van der Waals surface area contributed by atoms with Crippen LogP contribution in [-0.2, 0) is 6.54 Å². The Kier molecular flexibility index (Phi) is 10.8. The minimum Gasteiger partial charge on any atom is -0.497 e. The topological polar surface area (TPSA) is 48.9 Å². The summed E-state index contributed by atoms with van der Waals surface area (Å²) in [4.78, 5) is 6.76. The maximum Gasteiger partial charge on any atom is 0.191 e. The number of likely N-dealkylation sites (N-methyl/N-ethyl adjacent to an activating group) is 1. The van der Waals surface area contributed by atoms with E-state index in [4.69, 9.17) is 4.74 Å². The van der Waals surface area contributed by atoms with Gasteiger partial charge in [0.1, 0.15) is 11.6 Å². The summed E-state index contributed by atoms with van der Waals surface area (Å²) in [6.45, 7) is 4.01. The first-order valence-electron chi connectivity index (χ1n) is 9.10. The zero-order valence-corrected chi connectivity index (χ0v) is 19.2. The first-order chi connectivity index (χ1) is 13.0. The van der Waals surface area contributed by atoms with Crippen LogP contribution in [-0.4, -0.2) is 45.2 Å². The maximum atomic E-state index is 13.2. The minimum atomic E-state index is -0.225. The number of aliphatic imine (C=N–C) groups is 1. The molecule has 0 aromatic heterocycles. The van der Waals surface area contributed by atoms with E-state index in [0.717, 1.165) is 29.4 Å². The second-order valence-electron chi connectivity index (χ2n) is 6.46. The van der Waals surface area contributed by atoms with Gasteiger partial charge in [-0.15, -0.1) is 24.0 Å². The average molecular weight is 500 g/mol. The van der Waals surface area contributed by atoms with Crippen molar-refractivity contribution in [3.05, 3.63) is 65.5 Å². The van der Waals surface area contributed by atoms with E-state index in [1.165, 1.54) is 12.1 Å². The third-order valence-corrected chi connectivity index (χ3v) is 4.24. The molecule has 1 unspecified atom stereocenters. The van der Waals surface area contributed by atoms with Gasteiger partial charge in [0, 0.05) is 13.1 Å². The molecule has 0 saturated carbocycles. The van der Waals surface area contributed by atoms with E-state index in [9.17, 15) is 4.39 Å². The van der Waals surface area contributed by atoms with Gasteiger partial charge < -0.3 is 20.3 Å². The number of hydrogen-bond acceptors (Lipinski definition) is 3. The van der Waals surface area contributed by atoms with Gasteiger partial charge in [0.2, 0.25) is 0 Å². The lowest BCUT2D eigenvalue weighted by atomic mass is 10.1. The highest BCUT2D eigenvalue weighted by Crippen LogP contribution is 2.18. The van der Waals surface area contributed by atoms with E-state index in [1.54, 1.807) is 7.11 Å². The van der Waals surface area contributed by atoms with Crippen LogP contribution in [0.15, 0.2) is 53.5 Å². The molecule has 2 aromatic rings. The minimum absolute atomic E-state index is 0. The molecule has 28 heavy (non-hydrogen) atoms. The second kappa shape index (κ2) is 12.6. The molecule has 0 aliphatic rings. The Morgan fingerprint density at radius 1 is 1.14 bits per heavy atom. The van der Waals surface area contributed by atoms with Crippen molar-refractivity contribution in [3.63, 3.8) is 0 Å². The lowest BCUT2D eigenvalue weighted by molar-refractivity contribution is 0.298. The molecule has 2 aromatic carbocycles. The Hall–Kier alpha value is -1.87. The van der Waals surface area contributed by atoms with E-state index in [-0.39, 0.29) is 35.8 Å². The van der Waals surface area contributed by atoms with Crippen LogP contribution < -0.4 is 15.4 Å². The number of benzene rings is 2. The van der Waals surface area contributed by atoms with Gasteiger partial charge >= 0.3 is 0 Å². The van der Waals surface area contributed by atoms with Crippen molar-refractivity contribution in [2.24, 2.45) is 4.99 Å². The van der Waals surface area contributed by atoms with Gasteiger partial charge in [-0.25, -0.2) is 9.38 Å².